The van der Waals surface area contributed by atoms with Crippen molar-refractivity contribution in [2.75, 3.05) is 6.61 Å². The number of hydrogen-bond acceptors (Lipinski definition) is 3. The van der Waals surface area contributed by atoms with Gasteiger partial charge in [0.15, 0.2) is 0 Å². The summed E-state index contributed by atoms with van der Waals surface area (Å²) in [6.07, 6.45) is 0. The quantitative estimate of drug-likeness (QED) is 0.527. The van der Waals surface area contributed by atoms with Crippen LogP contribution in [0, 0.1) is 6.92 Å². The Morgan fingerprint density at radius 1 is 1.39 bits per heavy atom. The number of carbonyl (C=O) groups excluding carboxylic acids is 2. The minimum absolute atomic E-state index is 0.171. The first kappa shape index (κ1) is 12.6. The smallest absolute Gasteiger partial charge is 0.381 e. The third-order valence-electron chi connectivity index (χ3n) is 2.71. The van der Waals surface area contributed by atoms with Gasteiger partial charge >= 0.3 is 5.97 Å². The van der Waals surface area contributed by atoms with Crippen LogP contribution in [0.4, 0.5) is 0 Å². The fraction of sp³-hybridized carbons (Fsp3) is 0.231. The van der Waals surface area contributed by atoms with Crippen molar-refractivity contribution in [3.63, 3.8) is 0 Å². The number of hydrogen-bond donors (Lipinski definition) is 1. The van der Waals surface area contributed by atoms with E-state index < -0.39 is 11.8 Å². The number of fused-ring (bicyclic) bond motifs is 1. The highest BCUT2D eigenvalue weighted by Gasteiger charge is 2.23. The third-order valence-corrected chi connectivity index (χ3v) is 3.03. The van der Waals surface area contributed by atoms with Crippen LogP contribution in [0.15, 0.2) is 18.2 Å². The van der Waals surface area contributed by atoms with Crippen LogP contribution in [-0.4, -0.2) is 23.3 Å². The van der Waals surface area contributed by atoms with E-state index >= 15 is 0 Å². The van der Waals surface area contributed by atoms with Gasteiger partial charge in [-0.2, -0.15) is 0 Å². The van der Waals surface area contributed by atoms with Gasteiger partial charge in [-0.1, -0.05) is 17.7 Å². The number of esters is 1. The predicted octanol–water partition coefficient (Wildman–Crippen LogP) is 2.88. The van der Waals surface area contributed by atoms with Crippen molar-refractivity contribution in [2.24, 2.45) is 0 Å². The van der Waals surface area contributed by atoms with Crippen molar-refractivity contribution in [2.45, 2.75) is 13.8 Å². The van der Waals surface area contributed by atoms with Crippen molar-refractivity contribution in [3.05, 3.63) is 34.5 Å². The van der Waals surface area contributed by atoms with E-state index in [1.165, 1.54) is 0 Å². The molecular weight excluding hydrogens is 254 g/mol. The number of ether oxygens (including phenoxy) is 1. The molecule has 18 heavy (non-hydrogen) atoms. The van der Waals surface area contributed by atoms with Crippen molar-refractivity contribution < 1.29 is 14.3 Å². The first-order chi connectivity index (χ1) is 8.56. The van der Waals surface area contributed by atoms with Crippen LogP contribution in [0.2, 0.25) is 5.02 Å². The van der Waals surface area contributed by atoms with E-state index in [9.17, 15) is 9.59 Å². The highest BCUT2D eigenvalue weighted by atomic mass is 35.5. The summed E-state index contributed by atoms with van der Waals surface area (Å²) in [7, 11) is 0. The number of Topliss-reactive ketones (excluding diaryl/α,β-unsaturated/α-hetero) is 1. The normalized spacial score (nSPS) is 10.6. The molecule has 0 saturated carbocycles. The first-order valence-electron chi connectivity index (χ1n) is 5.54. The van der Waals surface area contributed by atoms with Crippen molar-refractivity contribution in [1.29, 1.82) is 0 Å². The molecule has 4 nitrogen and oxygen atoms in total. The molecule has 0 bridgehead atoms. The zero-order chi connectivity index (χ0) is 13.3. The van der Waals surface area contributed by atoms with E-state index in [4.69, 9.17) is 16.3 Å². The number of aromatic amines is 1. The molecule has 1 aromatic heterocycles. The van der Waals surface area contributed by atoms with Crippen LogP contribution >= 0.6 is 11.6 Å². The highest BCUT2D eigenvalue weighted by molar-refractivity contribution is 6.42. The van der Waals surface area contributed by atoms with E-state index in [0.29, 0.717) is 10.6 Å². The molecule has 0 aliphatic rings. The van der Waals surface area contributed by atoms with Gasteiger partial charge in [-0.05, 0) is 31.5 Å². The van der Waals surface area contributed by atoms with Gasteiger partial charge in [0.25, 0.3) is 5.78 Å². The lowest BCUT2D eigenvalue weighted by atomic mass is 10.1. The number of benzene rings is 1. The van der Waals surface area contributed by atoms with Crippen LogP contribution < -0.4 is 0 Å². The number of carbonyl (C=O) groups is 2. The van der Waals surface area contributed by atoms with Gasteiger partial charge in [-0.25, -0.2) is 4.79 Å². The fourth-order valence-electron chi connectivity index (χ4n) is 1.89. The summed E-state index contributed by atoms with van der Waals surface area (Å²) in [4.78, 5) is 26.2. The van der Waals surface area contributed by atoms with Gasteiger partial charge in [-0.15, -0.1) is 0 Å². The Morgan fingerprint density at radius 3 is 2.72 bits per heavy atom. The van der Waals surface area contributed by atoms with Crippen LogP contribution in [-0.2, 0) is 9.53 Å². The maximum absolute atomic E-state index is 11.9. The maximum atomic E-state index is 11.9. The lowest BCUT2D eigenvalue weighted by molar-refractivity contribution is -0.137. The molecule has 1 aromatic carbocycles. The molecular formula is C13H12ClNO3. The molecule has 0 radical (unpaired) electrons. The SMILES string of the molecule is CCOC(=O)C(=O)c1[nH]c2cccc(Cl)c2c1C. The van der Waals surface area contributed by atoms with E-state index in [-0.39, 0.29) is 12.3 Å². The summed E-state index contributed by atoms with van der Waals surface area (Å²) < 4.78 is 4.70. The fourth-order valence-corrected chi connectivity index (χ4v) is 2.20. The number of nitrogens with one attached hydrogen (secondary N) is 1. The minimum atomic E-state index is -0.858. The maximum Gasteiger partial charge on any atom is 0.381 e. The number of halogens is 1. The molecule has 94 valence electrons. The average Bonchev–Trinajstić information content (AvgIpc) is 2.67. The van der Waals surface area contributed by atoms with Gasteiger partial charge in [0.1, 0.15) is 0 Å². The first-order valence-corrected chi connectivity index (χ1v) is 5.92. The summed E-state index contributed by atoms with van der Waals surface area (Å²) in [6.45, 7) is 3.57. The molecule has 1 heterocycles. The lowest BCUT2D eigenvalue weighted by Gasteiger charge is -2.00. The Kier molecular flexibility index (Phi) is 3.39. The molecule has 5 heteroatoms. The van der Waals surface area contributed by atoms with Crippen molar-refractivity contribution in [1.82, 2.24) is 4.98 Å². The van der Waals surface area contributed by atoms with Crippen LogP contribution in [0.5, 0.6) is 0 Å². The Balaban J connectivity index is 2.53. The molecule has 0 spiro atoms. The number of rotatable bonds is 3. The van der Waals surface area contributed by atoms with Gasteiger partial charge < -0.3 is 9.72 Å². The Bertz CT molecular complexity index is 630. The highest BCUT2D eigenvalue weighted by Crippen LogP contribution is 2.28. The van der Waals surface area contributed by atoms with E-state index in [1.54, 1.807) is 32.0 Å². The van der Waals surface area contributed by atoms with Gasteiger partial charge in [0.2, 0.25) is 0 Å². The van der Waals surface area contributed by atoms with Gasteiger partial charge in [0.05, 0.1) is 17.3 Å². The molecule has 0 saturated heterocycles. The predicted molar refractivity (Wildman–Crippen MR) is 69.0 cm³/mol. The summed E-state index contributed by atoms with van der Waals surface area (Å²) >= 11 is 6.07. The molecule has 2 rings (SSSR count). The van der Waals surface area contributed by atoms with E-state index in [2.05, 4.69) is 4.98 Å². The van der Waals surface area contributed by atoms with Crippen LogP contribution in [0.3, 0.4) is 0 Å². The molecule has 0 amide bonds. The van der Waals surface area contributed by atoms with Gasteiger partial charge in [0, 0.05) is 10.9 Å². The molecule has 0 atom stereocenters. The molecule has 2 aromatic rings. The summed E-state index contributed by atoms with van der Waals surface area (Å²) in [5.74, 6) is -1.54. The summed E-state index contributed by atoms with van der Waals surface area (Å²) in [5, 5.41) is 1.30. The zero-order valence-electron chi connectivity index (χ0n) is 10.0. The summed E-state index contributed by atoms with van der Waals surface area (Å²) in [5.41, 5.74) is 1.62. The number of H-pyrrole nitrogens is 1. The monoisotopic (exact) mass is 265 g/mol. The van der Waals surface area contributed by atoms with Crippen molar-refractivity contribution in [3.8, 4) is 0 Å². The average molecular weight is 266 g/mol. The molecule has 0 fully saturated rings. The Labute approximate surface area is 109 Å². The number of aromatic nitrogens is 1. The number of aryl methyl sites for hydroxylation is 1. The van der Waals surface area contributed by atoms with Crippen LogP contribution in [0.1, 0.15) is 23.0 Å². The lowest BCUT2D eigenvalue weighted by Crippen LogP contribution is -2.18. The summed E-state index contributed by atoms with van der Waals surface area (Å²) in [6, 6.07) is 5.32. The number of ketones is 1. The molecule has 1 N–H and O–H groups in total. The molecule has 0 unspecified atom stereocenters. The Morgan fingerprint density at radius 2 is 2.11 bits per heavy atom. The standard InChI is InChI=1S/C13H12ClNO3/c1-3-18-13(17)12(16)11-7(2)10-8(14)5-4-6-9(10)15-11/h4-6,15H,3H2,1-2H3. The second-order valence-corrected chi connectivity index (χ2v) is 4.24. The third kappa shape index (κ3) is 1.99. The minimum Gasteiger partial charge on any atom is -0.460 e. The second-order valence-electron chi connectivity index (χ2n) is 3.84. The molecule has 0 aliphatic carbocycles. The van der Waals surface area contributed by atoms with E-state index in [0.717, 1.165) is 10.9 Å². The van der Waals surface area contributed by atoms with Gasteiger partial charge in [-0.3, -0.25) is 4.79 Å². The largest absolute Gasteiger partial charge is 0.460 e. The zero-order valence-corrected chi connectivity index (χ0v) is 10.8. The van der Waals surface area contributed by atoms with E-state index in [1.807, 2.05) is 0 Å². The topological polar surface area (TPSA) is 59.2 Å². The second kappa shape index (κ2) is 4.82. The van der Waals surface area contributed by atoms with Crippen LogP contribution in [0.25, 0.3) is 10.9 Å². The molecule has 0 aliphatic heterocycles. The Hall–Kier alpha value is -1.81. The van der Waals surface area contributed by atoms with Crippen molar-refractivity contribution >= 4 is 34.3 Å².